The number of amides is 2. The normalized spacial score (nSPS) is 10.3. The zero-order chi connectivity index (χ0) is 46.5. The Morgan fingerprint density at radius 1 is 0.578 bits per heavy atom. The summed E-state index contributed by atoms with van der Waals surface area (Å²) in [7, 11) is 12.0. The number of phenolic OH excluding ortho intramolecular Hbond substituents is 2. The molecule has 0 saturated carbocycles. The van der Waals surface area contributed by atoms with Crippen molar-refractivity contribution in [2.45, 2.75) is 0 Å². The summed E-state index contributed by atoms with van der Waals surface area (Å²) < 4.78 is 44.2. The highest BCUT2D eigenvalue weighted by Crippen LogP contribution is 2.42. The number of nitrogens with one attached hydrogen (secondary N) is 4. The molecular weight excluding hydrogens is 968 g/mol. The maximum atomic E-state index is 12.2. The minimum absolute atomic E-state index is 0.0150. The van der Waals surface area contributed by atoms with Crippen molar-refractivity contribution in [3.8, 4) is 69.4 Å². The van der Waals surface area contributed by atoms with Gasteiger partial charge in [-0.2, -0.15) is 9.97 Å². The molecule has 0 saturated heterocycles. The van der Waals surface area contributed by atoms with Crippen LogP contribution in [0.2, 0.25) is 0 Å². The lowest BCUT2D eigenvalue weighted by atomic mass is 10.2. The number of carbonyl (C=O) groups is 2. The number of hydrogen-bond acceptors (Lipinski definition) is 18. The van der Waals surface area contributed by atoms with Gasteiger partial charge in [-0.3, -0.25) is 9.59 Å². The van der Waals surface area contributed by atoms with Crippen molar-refractivity contribution in [2.75, 3.05) is 67.4 Å². The summed E-state index contributed by atoms with van der Waals surface area (Å²) in [5.41, 5.74) is 1.59. The van der Waals surface area contributed by atoms with Crippen molar-refractivity contribution in [1.29, 1.82) is 0 Å². The molecule has 0 atom stereocenters. The molecule has 4 aromatic carbocycles. The van der Waals surface area contributed by atoms with Gasteiger partial charge in [-0.15, -0.1) is 0 Å². The van der Waals surface area contributed by atoms with E-state index in [1.54, 1.807) is 36.4 Å². The van der Waals surface area contributed by atoms with Gasteiger partial charge in [0, 0.05) is 61.9 Å². The second kappa shape index (κ2) is 22.1. The molecule has 0 aliphatic rings. The van der Waals surface area contributed by atoms with Gasteiger partial charge in [-0.25, -0.2) is 9.97 Å². The average Bonchev–Trinajstić information content (AvgIpc) is 3.30. The Bertz CT molecular complexity index is 2610. The number of carbonyl (C=O) groups excluding carboxylic acids is 2. The third-order valence-electron chi connectivity index (χ3n) is 8.58. The predicted molar refractivity (Wildman–Crippen MR) is 241 cm³/mol. The monoisotopic (exact) mass is 1010 g/mol. The minimum atomic E-state index is -0.374. The first-order valence-electron chi connectivity index (χ1n) is 18.4. The number of ether oxygens (including phenoxy) is 8. The molecule has 64 heavy (non-hydrogen) atoms. The number of methoxy groups -OCH3 is 6. The van der Waals surface area contributed by atoms with E-state index in [-0.39, 0.29) is 64.0 Å². The van der Waals surface area contributed by atoms with E-state index in [0.29, 0.717) is 60.4 Å². The standard InChI is InChI=1S/2C21H21BrN4O6/c1-23-19(28)13-6-5-12(27)9-15(13)32-20-14(22)10-24-21(26-20)25-11-7-16(29-2)18(31-4)17(8-11)30-3;1-23-20(28)13-6-5-12(29-2)9-16(13)32-21-24-10-14(22)19(26-21)25-11-7-15(27)18(31-4)17(8-11)30-3/h2*5-10,27H,1-4H3,(H,23,28)(H,24,25,26). The van der Waals surface area contributed by atoms with Crippen molar-refractivity contribution in [3.05, 3.63) is 93.1 Å². The Labute approximate surface area is 383 Å². The van der Waals surface area contributed by atoms with Crippen molar-refractivity contribution in [3.63, 3.8) is 0 Å². The van der Waals surface area contributed by atoms with E-state index in [9.17, 15) is 19.8 Å². The van der Waals surface area contributed by atoms with Crippen molar-refractivity contribution >= 4 is 66.8 Å². The summed E-state index contributed by atoms with van der Waals surface area (Å²) in [5.74, 6) is 2.58. The molecule has 0 radical (unpaired) electrons. The van der Waals surface area contributed by atoms with Gasteiger partial charge in [0.1, 0.15) is 23.0 Å². The molecule has 0 bridgehead atoms. The Kier molecular flexibility index (Phi) is 16.4. The van der Waals surface area contributed by atoms with E-state index in [1.165, 1.54) is 93.4 Å². The fourth-order valence-corrected chi connectivity index (χ4v) is 6.13. The maximum absolute atomic E-state index is 12.2. The van der Waals surface area contributed by atoms with Crippen LogP contribution in [0, 0.1) is 0 Å². The first kappa shape index (κ1) is 47.6. The Morgan fingerprint density at radius 2 is 1.14 bits per heavy atom. The Morgan fingerprint density at radius 3 is 1.72 bits per heavy atom. The van der Waals surface area contributed by atoms with Crippen molar-refractivity contribution < 1.29 is 57.7 Å². The van der Waals surface area contributed by atoms with Crippen LogP contribution in [-0.4, -0.2) is 98.7 Å². The molecular formula is C42H42Br2N8O12. The lowest BCUT2D eigenvalue weighted by Crippen LogP contribution is -2.18. The van der Waals surface area contributed by atoms with Crippen molar-refractivity contribution in [2.24, 2.45) is 0 Å². The van der Waals surface area contributed by atoms with E-state index in [4.69, 9.17) is 37.9 Å². The van der Waals surface area contributed by atoms with Gasteiger partial charge in [0.15, 0.2) is 28.8 Å². The molecule has 20 nitrogen and oxygen atoms in total. The lowest BCUT2D eigenvalue weighted by Gasteiger charge is -2.15. The van der Waals surface area contributed by atoms with Crippen LogP contribution in [0.3, 0.4) is 0 Å². The summed E-state index contributed by atoms with van der Waals surface area (Å²) >= 11 is 6.72. The molecule has 0 aliphatic heterocycles. The van der Waals surface area contributed by atoms with E-state index < -0.39 is 0 Å². The SMILES string of the molecule is CNC(=O)c1ccc(O)cc1Oc1nc(Nc2cc(OC)c(OC)c(OC)c2)ncc1Br.CNC(=O)c1ccc(OC)cc1Oc1ncc(Br)c(Nc2cc(O)c(OC)c(OC)c2)n1. The quantitative estimate of drug-likeness (QED) is 0.0543. The minimum Gasteiger partial charge on any atom is -0.508 e. The smallest absolute Gasteiger partial charge is 0.324 e. The first-order chi connectivity index (χ1) is 30.8. The summed E-state index contributed by atoms with van der Waals surface area (Å²) in [6.45, 7) is 0. The van der Waals surface area contributed by atoms with E-state index in [1.807, 2.05) is 0 Å². The third-order valence-corrected chi connectivity index (χ3v) is 9.71. The molecule has 0 fully saturated rings. The second-order valence-electron chi connectivity index (χ2n) is 12.5. The molecule has 0 aliphatic carbocycles. The highest BCUT2D eigenvalue weighted by molar-refractivity contribution is 9.11. The summed E-state index contributed by atoms with van der Waals surface area (Å²) in [6.07, 6.45) is 2.98. The molecule has 0 unspecified atom stereocenters. The molecule has 6 rings (SSSR count). The number of phenols is 2. The number of nitrogens with zero attached hydrogens (tertiary/aromatic N) is 4. The van der Waals surface area contributed by atoms with Crippen LogP contribution in [0.4, 0.5) is 23.1 Å². The molecule has 22 heteroatoms. The number of halogens is 2. The Hall–Kier alpha value is -7.46. The molecule has 336 valence electrons. The largest absolute Gasteiger partial charge is 0.508 e. The fraction of sp³-hybridized carbons (Fsp3) is 0.190. The molecule has 0 spiro atoms. The van der Waals surface area contributed by atoms with Crippen LogP contribution in [0.1, 0.15) is 20.7 Å². The maximum Gasteiger partial charge on any atom is 0.324 e. The summed E-state index contributed by atoms with van der Waals surface area (Å²) in [4.78, 5) is 41.4. The molecule has 6 aromatic rings. The summed E-state index contributed by atoms with van der Waals surface area (Å²) in [5, 5.41) is 31.2. The van der Waals surface area contributed by atoms with Crippen LogP contribution in [-0.2, 0) is 0 Å². The highest BCUT2D eigenvalue weighted by atomic mass is 79.9. The van der Waals surface area contributed by atoms with Crippen LogP contribution in [0.15, 0.2) is 82.0 Å². The van der Waals surface area contributed by atoms with Gasteiger partial charge in [0.2, 0.25) is 23.3 Å². The predicted octanol–water partition coefficient (Wildman–Crippen LogP) is 7.73. The van der Waals surface area contributed by atoms with Crippen LogP contribution in [0.25, 0.3) is 0 Å². The third kappa shape index (κ3) is 11.5. The van der Waals surface area contributed by atoms with E-state index >= 15 is 0 Å². The number of aromatic hydroxyl groups is 2. The summed E-state index contributed by atoms with van der Waals surface area (Å²) in [6, 6.07) is 15.4. The fourth-order valence-electron chi connectivity index (χ4n) is 5.56. The second-order valence-corrected chi connectivity index (χ2v) is 14.2. The zero-order valence-corrected chi connectivity index (χ0v) is 38.6. The van der Waals surface area contributed by atoms with E-state index in [2.05, 4.69) is 73.1 Å². The lowest BCUT2D eigenvalue weighted by molar-refractivity contribution is 0.0952. The van der Waals surface area contributed by atoms with Gasteiger partial charge in [-0.1, -0.05) is 0 Å². The molecule has 6 N–H and O–H groups in total. The van der Waals surface area contributed by atoms with Gasteiger partial charge in [-0.05, 0) is 56.1 Å². The van der Waals surface area contributed by atoms with Crippen molar-refractivity contribution in [1.82, 2.24) is 30.6 Å². The topological polar surface area (TPSA) is 248 Å². The zero-order valence-electron chi connectivity index (χ0n) is 35.4. The number of aromatic nitrogens is 4. The first-order valence-corrected chi connectivity index (χ1v) is 20.0. The van der Waals surface area contributed by atoms with Gasteiger partial charge < -0.3 is 69.4 Å². The number of rotatable bonds is 16. The number of hydrogen-bond donors (Lipinski definition) is 6. The van der Waals surface area contributed by atoms with Crippen LogP contribution < -0.4 is 59.2 Å². The molecule has 2 heterocycles. The van der Waals surface area contributed by atoms with Crippen LogP contribution in [0.5, 0.6) is 69.4 Å². The average molecular weight is 1010 g/mol. The van der Waals surface area contributed by atoms with E-state index in [0.717, 1.165) is 0 Å². The van der Waals surface area contributed by atoms with Gasteiger partial charge >= 0.3 is 6.01 Å². The molecule has 2 amide bonds. The van der Waals surface area contributed by atoms with Crippen LogP contribution >= 0.6 is 31.9 Å². The number of benzene rings is 4. The Balaban J connectivity index is 0.000000241. The molecule has 2 aromatic heterocycles. The highest BCUT2D eigenvalue weighted by Gasteiger charge is 2.20. The number of anilines is 4. The van der Waals surface area contributed by atoms with Gasteiger partial charge in [0.05, 0.1) is 75.1 Å². The van der Waals surface area contributed by atoms with Gasteiger partial charge in [0.25, 0.3) is 11.8 Å².